The van der Waals surface area contributed by atoms with Crippen molar-refractivity contribution >= 4 is 11.6 Å². The molecule has 0 spiro atoms. The molecule has 0 radical (unpaired) electrons. The lowest BCUT2D eigenvalue weighted by Gasteiger charge is -2.21. The van der Waals surface area contributed by atoms with E-state index in [9.17, 15) is 5.11 Å². The van der Waals surface area contributed by atoms with E-state index in [4.69, 9.17) is 11.6 Å². The average Bonchev–Trinajstić information content (AvgIpc) is 2.53. The van der Waals surface area contributed by atoms with E-state index in [1.807, 2.05) is 0 Å². The Labute approximate surface area is 86.5 Å². The first-order valence-corrected chi connectivity index (χ1v) is 6.09. The normalized spacial score (nSPS) is 20.8. The Balaban J connectivity index is 1.98. The van der Waals surface area contributed by atoms with Gasteiger partial charge in [-0.2, -0.15) is 0 Å². The molecule has 2 heteroatoms. The molecule has 0 unspecified atom stereocenters. The highest BCUT2D eigenvalue weighted by Crippen LogP contribution is 2.33. The zero-order valence-electron chi connectivity index (χ0n) is 8.40. The summed E-state index contributed by atoms with van der Waals surface area (Å²) in [5, 5.41) is 10.0. The molecular formula is C11H21ClO. The molecule has 0 atom stereocenters. The van der Waals surface area contributed by atoms with Crippen LogP contribution in [0.1, 0.15) is 57.8 Å². The van der Waals surface area contributed by atoms with Gasteiger partial charge in [0, 0.05) is 5.88 Å². The summed E-state index contributed by atoms with van der Waals surface area (Å²) in [5.41, 5.74) is -0.291. The van der Waals surface area contributed by atoms with Crippen molar-refractivity contribution in [3.05, 3.63) is 0 Å². The minimum atomic E-state index is -0.291. The number of aliphatic hydroxyl groups is 1. The van der Waals surface area contributed by atoms with Gasteiger partial charge in [0.1, 0.15) is 0 Å². The van der Waals surface area contributed by atoms with Gasteiger partial charge in [0.15, 0.2) is 0 Å². The summed E-state index contributed by atoms with van der Waals surface area (Å²) in [6.07, 6.45) is 10.3. The fourth-order valence-electron chi connectivity index (χ4n) is 2.19. The van der Waals surface area contributed by atoms with Crippen molar-refractivity contribution in [2.24, 2.45) is 0 Å². The SMILES string of the molecule is OC1(CCCCCCCl)CCCC1. The summed E-state index contributed by atoms with van der Waals surface area (Å²) < 4.78 is 0. The van der Waals surface area contributed by atoms with Crippen LogP contribution in [0.15, 0.2) is 0 Å². The van der Waals surface area contributed by atoms with Crippen LogP contribution in [0, 0.1) is 0 Å². The van der Waals surface area contributed by atoms with E-state index in [0.717, 1.165) is 31.6 Å². The zero-order valence-corrected chi connectivity index (χ0v) is 9.15. The van der Waals surface area contributed by atoms with Gasteiger partial charge in [0.25, 0.3) is 0 Å². The predicted molar refractivity (Wildman–Crippen MR) is 57.2 cm³/mol. The van der Waals surface area contributed by atoms with Crippen LogP contribution in [0.5, 0.6) is 0 Å². The van der Waals surface area contributed by atoms with Crippen molar-refractivity contribution < 1.29 is 5.11 Å². The molecular weight excluding hydrogens is 184 g/mol. The van der Waals surface area contributed by atoms with E-state index in [2.05, 4.69) is 0 Å². The molecule has 0 amide bonds. The molecule has 78 valence electrons. The van der Waals surface area contributed by atoms with Gasteiger partial charge >= 0.3 is 0 Å². The van der Waals surface area contributed by atoms with E-state index in [1.54, 1.807) is 0 Å². The highest BCUT2D eigenvalue weighted by molar-refractivity contribution is 6.17. The molecule has 0 aliphatic heterocycles. The predicted octanol–water partition coefficient (Wildman–Crippen LogP) is 3.48. The van der Waals surface area contributed by atoms with Crippen molar-refractivity contribution in [1.29, 1.82) is 0 Å². The summed E-state index contributed by atoms with van der Waals surface area (Å²) in [6, 6.07) is 0. The second kappa shape index (κ2) is 5.87. The summed E-state index contributed by atoms with van der Waals surface area (Å²) in [4.78, 5) is 0. The summed E-state index contributed by atoms with van der Waals surface area (Å²) in [7, 11) is 0. The van der Waals surface area contributed by atoms with Gasteiger partial charge in [0.2, 0.25) is 0 Å². The maximum absolute atomic E-state index is 10.0. The van der Waals surface area contributed by atoms with Crippen molar-refractivity contribution in [1.82, 2.24) is 0 Å². The fourth-order valence-corrected chi connectivity index (χ4v) is 2.37. The van der Waals surface area contributed by atoms with Gasteiger partial charge in [-0.05, 0) is 25.7 Å². The summed E-state index contributed by atoms with van der Waals surface area (Å²) in [5.74, 6) is 0.782. The molecule has 0 saturated heterocycles. The average molecular weight is 205 g/mol. The molecule has 1 nitrogen and oxygen atoms in total. The molecule has 1 N–H and O–H groups in total. The molecule has 1 aliphatic rings. The highest BCUT2D eigenvalue weighted by Gasteiger charge is 2.29. The van der Waals surface area contributed by atoms with Gasteiger partial charge in [-0.3, -0.25) is 0 Å². The number of unbranched alkanes of at least 4 members (excludes halogenated alkanes) is 3. The van der Waals surface area contributed by atoms with E-state index in [1.165, 1.54) is 32.1 Å². The number of hydrogen-bond acceptors (Lipinski definition) is 1. The third kappa shape index (κ3) is 4.33. The maximum atomic E-state index is 10.0. The van der Waals surface area contributed by atoms with Gasteiger partial charge in [-0.1, -0.05) is 32.1 Å². The molecule has 13 heavy (non-hydrogen) atoms. The van der Waals surface area contributed by atoms with Crippen LogP contribution in [0.25, 0.3) is 0 Å². The molecule has 0 aromatic rings. The second-order valence-electron chi connectivity index (χ2n) is 4.28. The van der Waals surface area contributed by atoms with Crippen LogP contribution in [0.3, 0.4) is 0 Å². The Kier molecular flexibility index (Phi) is 5.12. The molecule has 1 rings (SSSR count). The first-order chi connectivity index (χ1) is 6.27. The smallest absolute Gasteiger partial charge is 0.0647 e. The number of rotatable bonds is 6. The fraction of sp³-hybridized carbons (Fsp3) is 1.00. The number of halogens is 1. The van der Waals surface area contributed by atoms with Gasteiger partial charge < -0.3 is 5.11 Å². The number of hydrogen-bond donors (Lipinski definition) is 1. The van der Waals surface area contributed by atoms with Crippen LogP contribution < -0.4 is 0 Å². The van der Waals surface area contributed by atoms with Gasteiger partial charge in [0.05, 0.1) is 5.60 Å². The Morgan fingerprint density at radius 2 is 1.62 bits per heavy atom. The zero-order chi connectivity index (χ0) is 9.57. The highest BCUT2D eigenvalue weighted by atomic mass is 35.5. The summed E-state index contributed by atoms with van der Waals surface area (Å²) in [6.45, 7) is 0. The minimum absolute atomic E-state index is 0.291. The van der Waals surface area contributed by atoms with Crippen molar-refractivity contribution in [2.75, 3.05) is 5.88 Å². The van der Waals surface area contributed by atoms with E-state index in [0.29, 0.717) is 0 Å². The summed E-state index contributed by atoms with van der Waals surface area (Å²) >= 11 is 5.59. The Hall–Kier alpha value is 0.250. The molecule has 0 aromatic carbocycles. The Morgan fingerprint density at radius 3 is 2.23 bits per heavy atom. The third-order valence-corrected chi connectivity index (χ3v) is 3.33. The molecule has 1 aliphatic carbocycles. The second-order valence-corrected chi connectivity index (χ2v) is 4.66. The lowest BCUT2D eigenvalue weighted by molar-refractivity contribution is 0.0362. The molecule has 1 saturated carbocycles. The van der Waals surface area contributed by atoms with E-state index in [-0.39, 0.29) is 5.60 Å². The quantitative estimate of drug-likeness (QED) is 0.519. The van der Waals surface area contributed by atoms with Crippen LogP contribution in [-0.4, -0.2) is 16.6 Å². The van der Waals surface area contributed by atoms with E-state index < -0.39 is 0 Å². The first-order valence-electron chi connectivity index (χ1n) is 5.55. The maximum Gasteiger partial charge on any atom is 0.0647 e. The van der Waals surface area contributed by atoms with Crippen LogP contribution in [-0.2, 0) is 0 Å². The van der Waals surface area contributed by atoms with Gasteiger partial charge in [-0.15, -0.1) is 11.6 Å². The van der Waals surface area contributed by atoms with Crippen molar-refractivity contribution in [3.8, 4) is 0 Å². The first kappa shape index (κ1) is 11.3. The largest absolute Gasteiger partial charge is 0.390 e. The molecule has 0 heterocycles. The molecule has 0 bridgehead atoms. The number of alkyl halides is 1. The van der Waals surface area contributed by atoms with Crippen LogP contribution >= 0.6 is 11.6 Å². The molecule has 0 aromatic heterocycles. The van der Waals surface area contributed by atoms with Crippen molar-refractivity contribution in [3.63, 3.8) is 0 Å². The third-order valence-electron chi connectivity index (χ3n) is 3.06. The van der Waals surface area contributed by atoms with Crippen molar-refractivity contribution in [2.45, 2.75) is 63.4 Å². The van der Waals surface area contributed by atoms with Crippen LogP contribution in [0.4, 0.5) is 0 Å². The van der Waals surface area contributed by atoms with Gasteiger partial charge in [-0.25, -0.2) is 0 Å². The Bertz CT molecular complexity index is 130. The lowest BCUT2D eigenvalue weighted by atomic mass is 9.94. The van der Waals surface area contributed by atoms with E-state index >= 15 is 0 Å². The monoisotopic (exact) mass is 204 g/mol. The molecule has 1 fully saturated rings. The Morgan fingerprint density at radius 1 is 1.00 bits per heavy atom. The van der Waals surface area contributed by atoms with Crippen LogP contribution in [0.2, 0.25) is 0 Å². The minimum Gasteiger partial charge on any atom is -0.390 e. The lowest BCUT2D eigenvalue weighted by Crippen LogP contribution is -2.23. The standard InChI is InChI=1S/C11H21ClO/c12-10-6-2-1-3-7-11(13)8-4-5-9-11/h13H,1-10H2. The topological polar surface area (TPSA) is 20.2 Å².